The molecular formula is C28H20N2O6. The van der Waals surface area contributed by atoms with E-state index in [1.54, 1.807) is 30.3 Å². The highest BCUT2D eigenvalue weighted by Crippen LogP contribution is 2.38. The molecule has 3 N–H and O–H groups in total. The molecule has 1 aliphatic rings. The number of benzene rings is 4. The molecule has 1 atom stereocenters. The molecule has 1 aliphatic heterocycles. The molecule has 0 bridgehead atoms. The van der Waals surface area contributed by atoms with Gasteiger partial charge < -0.3 is 15.3 Å². The van der Waals surface area contributed by atoms with Gasteiger partial charge in [-0.1, -0.05) is 48.5 Å². The maximum atomic E-state index is 11.9. The van der Waals surface area contributed by atoms with E-state index in [9.17, 15) is 29.7 Å². The number of nitrogens with zero attached hydrogens (tertiary/aromatic N) is 2. The first kappa shape index (κ1) is 22.8. The molecular weight excluding hydrogens is 460 g/mol. The van der Waals surface area contributed by atoms with Crippen LogP contribution in [0.15, 0.2) is 90.0 Å². The second-order valence-electron chi connectivity index (χ2n) is 8.37. The number of anilines is 1. The van der Waals surface area contributed by atoms with Gasteiger partial charge in [-0.05, 0) is 47.3 Å². The van der Waals surface area contributed by atoms with Gasteiger partial charge in [0.05, 0.1) is 34.1 Å². The second-order valence-corrected chi connectivity index (χ2v) is 8.37. The van der Waals surface area contributed by atoms with Crippen molar-refractivity contribution in [2.45, 2.75) is 12.5 Å². The topological polar surface area (TPSA) is 128 Å². The number of carbonyl (C=O) groups is 3. The summed E-state index contributed by atoms with van der Waals surface area (Å²) in [6.07, 6.45) is 0.476. The van der Waals surface area contributed by atoms with Crippen molar-refractivity contribution in [2.75, 3.05) is 5.01 Å². The van der Waals surface area contributed by atoms with Crippen LogP contribution >= 0.6 is 0 Å². The SMILES string of the molecule is O=C(O)c1ccc(N2N=C(c3ccc(C(=O)O)c4c(C(=O)O)cccc34)CC2c2ccccc2)cc1. The molecule has 1 heterocycles. The lowest BCUT2D eigenvalue weighted by Crippen LogP contribution is -2.18. The fraction of sp³-hybridized carbons (Fsp3) is 0.0714. The maximum absolute atomic E-state index is 11.9. The van der Waals surface area contributed by atoms with E-state index in [2.05, 4.69) is 0 Å². The highest BCUT2D eigenvalue weighted by molar-refractivity contribution is 6.20. The van der Waals surface area contributed by atoms with Crippen molar-refractivity contribution in [1.82, 2.24) is 0 Å². The van der Waals surface area contributed by atoms with Crippen LogP contribution in [0.2, 0.25) is 0 Å². The number of fused-ring (bicyclic) bond motifs is 1. The molecule has 1 unspecified atom stereocenters. The number of carboxylic acids is 3. The summed E-state index contributed by atoms with van der Waals surface area (Å²) in [5.74, 6) is -3.45. The lowest BCUT2D eigenvalue weighted by Gasteiger charge is -2.24. The van der Waals surface area contributed by atoms with E-state index in [1.807, 2.05) is 35.3 Å². The molecule has 8 heteroatoms. The van der Waals surface area contributed by atoms with Crippen LogP contribution in [-0.2, 0) is 0 Å². The molecule has 0 radical (unpaired) electrons. The van der Waals surface area contributed by atoms with Gasteiger partial charge in [-0.2, -0.15) is 5.10 Å². The highest BCUT2D eigenvalue weighted by atomic mass is 16.4. The highest BCUT2D eigenvalue weighted by Gasteiger charge is 2.31. The van der Waals surface area contributed by atoms with Crippen molar-refractivity contribution in [3.05, 3.63) is 113 Å². The Kier molecular flexibility index (Phi) is 5.69. The van der Waals surface area contributed by atoms with Crippen molar-refractivity contribution in [1.29, 1.82) is 0 Å². The summed E-state index contributed by atoms with van der Waals surface area (Å²) < 4.78 is 0. The second kappa shape index (κ2) is 8.99. The third kappa shape index (κ3) is 3.94. The number of rotatable bonds is 6. The molecule has 36 heavy (non-hydrogen) atoms. The van der Waals surface area contributed by atoms with Crippen LogP contribution < -0.4 is 5.01 Å². The fourth-order valence-corrected chi connectivity index (χ4v) is 4.62. The molecule has 4 aromatic rings. The summed E-state index contributed by atoms with van der Waals surface area (Å²) >= 11 is 0. The van der Waals surface area contributed by atoms with E-state index in [4.69, 9.17) is 5.10 Å². The first-order valence-electron chi connectivity index (χ1n) is 11.1. The summed E-state index contributed by atoms with van der Waals surface area (Å²) in [5.41, 5.74) is 2.98. The number of hydrazone groups is 1. The van der Waals surface area contributed by atoms with Crippen LogP contribution in [-0.4, -0.2) is 38.9 Å². The van der Waals surface area contributed by atoms with Gasteiger partial charge in [0, 0.05) is 17.4 Å². The fourth-order valence-electron chi connectivity index (χ4n) is 4.62. The Hall–Kier alpha value is -4.98. The largest absolute Gasteiger partial charge is 0.478 e. The van der Waals surface area contributed by atoms with Gasteiger partial charge in [-0.15, -0.1) is 0 Å². The van der Waals surface area contributed by atoms with Gasteiger partial charge in [0.1, 0.15) is 0 Å². The molecule has 8 nitrogen and oxygen atoms in total. The van der Waals surface area contributed by atoms with Crippen LogP contribution in [0.3, 0.4) is 0 Å². The quantitative estimate of drug-likeness (QED) is 0.342. The van der Waals surface area contributed by atoms with E-state index in [-0.39, 0.29) is 28.1 Å². The summed E-state index contributed by atoms with van der Waals surface area (Å²) in [5, 5.41) is 36.0. The smallest absolute Gasteiger partial charge is 0.336 e. The third-order valence-corrected chi connectivity index (χ3v) is 6.29. The van der Waals surface area contributed by atoms with Crippen LogP contribution in [0, 0.1) is 0 Å². The minimum atomic E-state index is -1.21. The van der Waals surface area contributed by atoms with E-state index in [1.165, 1.54) is 24.3 Å². The van der Waals surface area contributed by atoms with Gasteiger partial charge >= 0.3 is 17.9 Å². The summed E-state index contributed by atoms with van der Waals surface area (Å²) in [6.45, 7) is 0. The predicted molar refractivity (Wildman–Crippen MR) is 134 cm³/mol. The minimum absolute atomic E-state index is 0.0916. The Morgan fingerprint density at radius 2 is 1.39 bits per heavy atom. The van der Waals surface area contributed by atoms with Crippen LogP contribution in [0.5, 0.6) is 0 Å². The van der Waals surface area contributed by atoms with Gasteiger partial charge in [0.25, 0.3) is 0 Å². The van der Waals surface area contributed by atoms with Crippen LogP contribution in [0.25, 0.3) is 10.8 Å². The molecule has 0 spiro atoms. The Morgan fingerprint density at radius 3 is 2.03 bits per heavy atom. The molecule has 0 amide bonds. The van der Waals surface area contributed by atoms with E-state index in [0.717, 1.165) is 5.56 Å². The number of aromatic carboxylic acids is 3. The Labute approximate surface area is 205 Å². The van der Waals surface area contributed by atoms with Gasteiger partial charge in [-0.3, -0.25) is 5.01 Å². The van der Waals surface area contributed by atoms with Crippen molar-refractivity contribution in [3.8, 4) is 0 Å². The maximum Gasteiger partial charge on any atom is 0.336 e. The zero-order chi connectivity index (χ0) is 25.4. The molecule has 0 aromatic heterocycles. The standard InChI is InChI=1S/C28H20N2O6/c31-26(32)17-9-11-18(12-10-17)30-24(16-5-2-1-3-6-16)15-23(29-30)19-13-14-22(28(35)36)25-20(19)7-4-8-21(25)27(33)34/h1-14,24H,15H2,(H,31,32)(H,33,34)(H,35,36). The van der Waals surface area contributed by atoms with Crippen molar-refractivity contribution < 1.29 is 29.7 Å². The lowest BCUT2D eigenvalue weighted by molar-refractivity contribution is 0.0684. The van der Waals surface area contributed by atoms with E-state index in [0.29, 0.717) is 28.8 Å². The lowest BCUT2D eigenvalue weighted by atomic mass is 9.91. The van der Waals surface area contributed by atoms with Crippen LogP contribution in [0.1, 0.15) is 54.7 Å². The summed E-state index contributed by atoms with van der Waals surface area (Å²) in [6, 6.07) is 23.7. The first-order chi connectivity index (χ1) is 17.3. The van der Waals surface area contributed by atoms with Gasteiger partial charge in [-0.25, -0.2) is 14.4 Å². The third-order valence-electron chi connectivity index (χ3n) is 6.29. The molecule has 0 aliphatic carbocycles. The monoisotopic (exact) mass is 480 g/mol. The molecule has 4 aromatic carbocycles. The van der Waals surface area contributed by atoms with Gasteiger partial charge in [0.2, 0.25) is 0 Å². The predicted octanol–water partition coefficient (Wildman–Crippen LogP) is 5.29. The molecule has 178 valence electrons. The van der Waals surface area contributed by atoms with E-state index >= 15 is 0 Å². The normalized spacial score (nSPS) is 15.1. The molecule has 0 saturated heterocycles. The number of carboxylic acid groups (broad SMARTS) is 3. The zero-order valence-corrected chi connectivity index (χ0v) is 18.8. The van der Waals surface area contributed by atoms with Crippen molar-refractivity contribution >= 4 is 40.1 Å². The number of hydrogen-bond donors (Lipinski definition) is 3. The Balaban J connectivity index is 1.68. The Morgan fingerprint density at radius 1 is 0.722 bits per heavy atom. The Bertz CT molecular complexity index is 1520. The average molecular weight is 480 g/mol. The summed E-state index contributed by atoms with van der Waals surface area (Å²) in [7, 11) is 0. The van der Waals surface area contributed by atoms with Crippen LogP contribution in [0.4, 0.5) is 5.69 Å². The first-order valence-corrected chi connectivity index (χ1v) is 11.1. The minimum Gasteiger partial charge on any atom is -0.478 e. The van der Waals surface area contributed by atoms with Gasteiger partial charge in [0.15, 0.2) is 0 Å². The zero-order valence-electron chi connectivity index (χ0n) is 18.8. The molecule has 0 fully saturated rings. The number of hydrogen-bond acceptors (Lipinski definition) is 5. The molecule has 0 saturated carbocycles. The van der Waals surface area contributed by atoms with E-state index < -0.39 is 17.9 Å². The average Bonchev–Trinajstić information content (AvgIpc) is 3.33. The summed E-state index contributed by atoms with van der Waals surface area (Å²) in [4.78, 5) is 35.1. The van der Waals surface area contributed by atoms with Crippen molar-refractivity contribution in [2.24, 2.45) is 5.10 Å². The molecule has 5 rings (SSSR count). The van der Waals surface area contributed by atoms with Crippen molar-refractivity contribution in [3.63, 3.8) is 0 Å².